The van der Waals surface area contributed by atoms with Crippen molar-refractivity contribution < 1.29 is 0 Å². The summed E-state index contributed by atoms with van der Waals surface area (Å²) < 4.78 is 1.28. The molecule has 20 heavy (non-hydrogen) atoms. The Labute approximate surface area is 131 Å². The predicted molar refractivity (Wildman–Crippen MR) is 89.0 cm³/mol. The minimum absolute atomic E-state index is 0.751. The molecule has 0 bridgehead atoms. The van der Waals surface area contributed by atoms with Gasteiger partial charge >= 0.3 is 0 Å². The highest BCUT2D eigenvalue weighted by Crippen LogP contribution is 2.40. The molecule has 2 fully saturated rings. The molecule has 0 saturated heterocycles. The van der Waals surface area contributed by atoms with Gasteiger partial charge in [-0.1, -0.05) is 60.3 Å². The molecule has 2 unspecified atom stereocenters. The van der Waals surface area contributed by atoms with Gasteiger partial charge in [-0.25, -0.2) is 0 Å². The van der Waals surface area contributed by atoms with Crippen molar-refractivity contribution in [2.24, 2.45) is 11.8 Å². The third-order valence-corrected chi connectivity index (χ3v) is 6.16. The van der Waals surface area contributed by atoms with Gasteiger partial charge in [0.15, 0.2) is 0 Å². The molecule has 1 N–H and O–H groups in total. The summed E-state index contributed by atoms with van der Waals surface area (Å²) in [6.07, 6.45) is 8.39. The highest BCUT2D eigenvalue weighted by molar-refractivity contribution is 9.10. The Kier molecular flexibility index (Phi) is 4.83. The van der Waals surface area contributed by atoms with Crippen LogP contribution in [0.3, 0.4) is 0 Å². The highest BCUT2D eigenvalue weighted by atomic mass is 79.9. The van der Waals surface area contributed by atoms with E-state index in [9.17, 15) is 0 Å². The molecule has 0 radical (unpaired) electrons. The van der Waals surface area contributed by atoms with E-state index in [0.29, 0.717) is 0 Å². The highest BCUT2D eigenvalue weighted by Gasteiger charge is 2.32. The maximum Gasteiger partial charge on any atom is 0.0210 e. The first-order valence-electron chi connectivity index (χ1n) is 8.22. The van der Waals surface area contributed by atoms with Gasteiger partial charge in [-0.3, -0.25) is 0 Å². The van der Waals surface area contributed by atoms with Gasteiger partial charge < -0.3 is 5.32 Å². The molecular weight excluding hydrogens is 310 g/mol. The molecule has 0 aliphatic heterocycles. The number of hydrogen-bond donors (Lipinski definition) is 1. The molecule has 110 valence electrons. The average molecular weight is 336 g/mol. The first kappa shape index (κ1) is 14.6. The van der Waals surface area contributed by atoms with Crippen LogP contribution in [0.1, 0.15) is 56.9 Å². The van der Waals surface area contributed by atoms with Crippen LogP contribution in [-0.4, -0.2) is 12.6 Å². The largest absolute Gasteiger partial charge is 0.314 e. The van der Waals surface area contributed by atoms with Crippen LogP contribution >= 0.6 is 15.9 Å². The first-order chi connectivity index (χ1) is 9.74. The molecule has 0 amide bonds. The molecule has 0 aromatic heterocycles. The number of hydrogen-bond acceptors (Lipinski definition) is 1. The first-order valence-corrected chi connectivity index (χ1v) is 9.01. The Bertz CT molecular complexity index is 439. The summed E-state index contributed by atoms with van der Waals surface area (Å²) >= 11 is 3.68. The number of rotatable bonds is 4. The van der Waals surface area contributed by atoms with E-state index in [1.165, 1.54) is 55.1 Å². The zero-order valence-electron chi connectivity index (χ0n) is 12.4. The Morgan fingerprint density at radius 1 is 1.15 bits per heavy atom. The summed E-state index contributed by atoms with van der Waals surface area (Å²) in [6.45, 7) is 3.69. The molecule has 2 aliphatic rings. The molecule has 2 heteroatoms. The minimum Gasteiger partial charge on any atom is -0.314 e. The number of benzene rings is 1. The number of nitrogens with one attached hydrogen (secondary N) is 1. The summed E-state index contributed by atoms with van der Waals surface area (Å²) in [6, 6.07) is 9.45. The van der Waals surface area contributed by atoms with E-state index in [0.717, 1.165) is 23.8 Å². The molecule has 0 heterocycles. The van der Waals surface area contributed by atoms with Crippen LogP contribution in [0.25, 0.3) is 0 Å². The van der Waals surface area contributed by atoms with Gasteiger partial charge in [0.05, 0.1) is 0 Å². The lowest BCUT2D eigenvalue weighted by atomic mass is 9.75. The molecule has 1 aromatic rings. The van der Waals surface area contributed by atoms with Crippen molar-refractivity contribution in [3.8, 4) is 0 Å². The van der Waals surface area contributed by atoms with Gasteiger partial charge in [0, 0.05) is 10.5 Å². The minimum atomic E-state index is 0.751. The van der Waals surface area contributed by atoms with Gasteiger partial charge in [0.2, 0.25) is 0 Å². The van der Waals surface area contributed by atoms with Gasteiger partial charge in [-0.2, -0.15) is 0 Å². The van der Waals surface area contributed by atoms with Crippen molar-refractivity contribution in [2.75, 3.05) is 6.54 Å². The Morgan fingerprint density at radius 3 is 2.65 bits per heavy atom. The van der Waals surface area contributed by atoms with Crippen LogP contribution in [0.2, 0.25) is 0 Å². The fourth-order valence-electron chi connectivity index (χ4n) is 3.86. The topological polar surface area (TPSA) is 12.0 Å². The summed E-state index contributed by atoms with van der Waals surface area (Å²) in [5, 5.41) is 3.82. The van der Waals surface area contributed by atoms with Crippen molar-refractivity contribution in [1.29, 1.82) is 0 Å². The van der Waals surface area contributed by atoms with Crippen LogP contribution < -0.4 is 5.32 Å². The van der Waals surface area contributed by atoms with E-state index in [4.69, 9.17) is 0 Å². The van der Waals surface area contributed by atoms with Gasteiger partial charge in [-0.15, -0.1) is 0 Å². The van der Waals surface area contributed by atoms with Gasteiger partial charge in [-0.05, 0) is 55.2 Å². The van der Waals surface area contributed by atoms with E-state index in [-0.39, 0.29) is 0 Å². The second kappa shape index (κ2) is 6.62. The summed E-state index contributed by atoms with van der Waals surface area (Å²) in [5.74, 6) is 2.61. The maximum atomic E-state index is 3.82. The van der Waals surface area contributed by atoms with Crippen LogP contribution in [-0.2, 0) is 0 Å². The number of halogens is 1. The van der Waals surface area contributed by atoms with Crippen molar-refractivity contribution >= 4 is 15.9 Å². The third kappa shape index (κ3) is 3.28. The lowest BCUT2D eigenvalue weighted by molar-refractivity contribution is 0.213. The summed E-state index contributed by atoms with van der Waals surface area (Å²) in [4.78, 5) is 0. The normalized spacial score (nSPS) is 33.7. The SMILES string of the molecule is CC1CCCCC1CNC1CC(c2ccccc2Br)C1. The average Bonchev–Trinajstić information content (AvgIpc) is 2.41. The van der Waals surface area contributed by atoms with Gasteiger partial charge in [0.25, 0.3) is 0 Å². The van der Waals surface area contributed by atoms with E-state index >= 15 is 0 Å². The molecule has 0 spiro atoms. The standard InChI is InChI=1S/C18H26BrN/c1-13-6-2-3-7-14(13)12-20-16-10-15(11-16)17-8-4-5-9-18(17)19/h4-5,8-9,13-16,20H,2-3,6-7,10-12H2,1H3. The Balaban J connectivity index is 1.43. The zero-order chi connectivity index (χ0) is 13.9. The zero-order valence-corrected chi connectivity index (χ0v) is 14.0. The monoisotopic (exact) mass is 335 g/mol. The maximum absolute atomic E-state index is 3.82. The van der Waals surface area contributed by atoms with Crippen molar-refractivity contribution in [1.82, 2.24) is 5.32 Å². The predicted octanol–water partition coefficient (Wildman–Crippen LogP) is 5.11. The molecule has 3 rings (SSSR count). The lowest BCUT2D eigenvalue weighted by Crippen LogP contribution is -2.43. The van der Waals surface area contributed by atoms with E-state index < -0.39 is 0 Å². The summed E-state index contributed by atoms with van der Waals surface area (Å²) in [7, 11) is 0. The lowest BCUT2D eigenvalue weighted by Gasteiger charge is -2.39. The van der Waals surface area contributed by atoms with Crippen molar-refractivity contribution in [2.45, 2.75) is 57.4 Å². The summed E-state index contributed by atoms with van der Waals surface area (Å²) in [5.41, 5.74) is 1.50. The van der Waals surface area contributed by atoms with Crippen LogP contribution in [0.5, 0.6) is 0 Å². The van der Waals surface area contributed by atoms with Crippen molar-refractivity contribution in [3.63, 3.8) is 0 Å². The van der Waals surface area contributed by atoms with Crippen LogP contribution in [0.4, 0.5) is 0 Å². The van der Waals surface area contributed by atoms with E-state index in [1.807, 2.05) is 0 Å². The smallest absolute Gasteiger partial charge is 0.0210 e. The molecule has 2 aliphatic carbocycles. The quantitative estimate of drug-likeness (QED) is 0.805. The third-order valence-electron chi connectivity index (χ3n) is 5.44. The second-order valence-corrected chi connectivity index (χ2v) is 7.67. The van der Waals surface area contributed by atoms with Crippen molar-refractivity contribution in [3.05, 3.63) is 34.3 Å². The Hall–Kier alpha value is -0.340. The fourth-order valence-corrected chi connectivity index (χ4v) is 4.47. The van der Waals surface area contributed by atoms with Gasteiger partial charge in [0.1, 0.15) is 0 Å². The molecule has 1 aromatic carbocycles. The Morgan fingerprint density at radius 2 is 1.90 bits per heavy atom. The van der Waals surface area contributed by atoms with Crippen LogP contribution in [0, 0.1) is 11.8 Å². The van der Waals surface area contributed by atoms with E-state index in [1.54, 1.807) is 0 Å². The van der Waals surface area contributed by atoms with E-state index in [2.05, 4.69) is 52.4 Å². The molecule has 2 saturated carbocycles. The molecular formula is C18H26BrN. The molecule has 2 atom stereocenters. The van der Waals surface area contributed by atoms with Crippen LogP contribution in [0.15, 0.2) is 28.7 Å². The molecule has 1 nitrogen and oxygen atoms in total. The fraction of sp³-hybridized carbons (Fsp3) is 0.667. The second-order valence-electron chi connectivity index (χ2n) is 6.82.